The summed E-state index contributed by atoms with van der Waals surface area (Å²) in [7, 11) is 1.65. The van der Waals surface area contributed by atoms with Crippen molar-refractivity contribution >= 4 is 34.5 Å². The molecular formula is C12H16BrNO2S. The number of amides is 1. The second-order valence-corrected chi connectivity index (χ2v) is 5.19. The lowest BCUT2D eigenvalue weighted by Crippen LogP contribution is -2.33. The lowest BCUT2D eigenvalue weighted by molar-refractivity contribution is 0.0928. The molecule has 0 aliphatic carbocycles. The largest absolute Gasteiger partial charge is 0.385 e. The van der Waals surface area contributed by atoms with Gasteiger partial charge in [0.2, 0.25) is 0 Å². The molecule has 0 saturated heterocycles. The Bertz CT molecular complexity index is 398. The third-order valence-electron chi connectivity index (χ3n) is 2.33. The summed E-state index contributed by atoms with van der Waals surface area (Å²) in [5.41, 5.74) is 0.599. The highest BCUT2D eigenvalue weighted by molar-refractivity contribution is 9.10. The van der Waals surface area contributed by atoms with Crippen molar-refractivity contribution < 1.29 is 9.53 Å². The lowest BCUT2D eigenvalue weighted by atomic mass is 10.2. The summed E-state index contributed by atoms with van der Waals surface area (Å²) < 4.78 is 5.74. The van der Waals surface area contributed by atoms with E-state index in [1.165, 1.54) is 0 Å². The standard InChI is InChI=1S/C12H16BrNO2S/c1-8(5-6-16-2)14-12(15)10-7-9(17)3-4-11(10)13/h3-4,7-8,17H,5-6H2,1-2H3,(H,14,15). The predicted molar refractivity (Wildman–Crippen MR) is 74.8 cm³/mol. The van der Waals surface area contributed by atoms with Crippen molar-refractivity contribution in [2.24, 2.45) is 0 Å². The minimum absolute atomic E-state index is 0.0814. The number of halogens is 1. The fourth-order valence-corrected chi connectivity index (χ4v) is 1.99. The molecule has 0 bridgehead atoms. The third kappa shape index (κ3) is 4.69. The molecule has 1 rings (SSSR count). The van der Waals surface area contributed by atoms with Crippen LogP contribution in [0.5, 0.6) is 0 Å². The van der Waals surface area contributed by atoms with Gasteiger partial charge in [-0.2, -0.15) is 0 Å². The Morgan fingerprint density at radius 1 is 1.59 bits per heavy atom. The average Bonchev–Trinajstić information content (AvgIpc) is 2.29. The van der Waals surface area contributed by atoms with Gasteiger partial charge in [0.1, 0.15) is 0 Å². The monoisotopic (exact) mass is 317 g/mol. The molecule has 0 radical (unpaired) electrons. The summed E-state index contributed by atoms with van der Waals surface area (Å²) in [5.74, 6) is -0.101. The molecule has 0 aliphatic rings. The molecule has 0 fully saturated rings. The minimum atomic E-state index is -0.101. The first-order valence-electron chi connectivity index (χ1n) is 5.33. The van der Waals surface area contributed by atoms with Crippen LogP contribution in [0.1, 0.15) is 23.7 Å². The quantitative estimate of drug-likeness (QED) is 0.819. The molecule has 94 valence electrons. The second kappa shape index (κ2) is 7.03. The van der Waals surface area contributed by atoms with Gasteiger partial charge in [0, 0.05) is 29.1 Å². The number of methoxy groups -OCH3 is 1. The lowest BCUT2D eigenvalue weighted by Gasteiger charge is -2.14. The van der Waals surface area contributed by atoms with Crippen LogP contribution >= 0.6 is 28.6 Å². The van der Waals surface area contributed by atoms with Crippen molar-refractivity contribution in [3.8, 4) is 0 Å². The van der Waals surface area contributed by atoms with Gasteiger partial charge in [0.05, 0.1) is 5.56 Å². The van der Waals surface area contributed by atoms with E-state index >= 15 is 0 Å². The number of thiol groups is 1. The van der Waals surface area contributed by atoms with E-state index < -0.39 is 0 Å². The van der Waals surface area contributed by atoms with Crippen LogP contribution in [0.25, 0.3) is 0 Å². The summed E-state index contributed by atoms with van der Waals surface area (Å²) in [6.45, 7) is 2.59. The first kappa shape index (κ1) is 14.5. The van der Waals surface area contributed by atoms with Gasteiger partial charge in [0.25, 0.3) is 5.91 Å². The topological polar surface area (TPSA) is 38.3 Å². The Morgan fingerprint density at radius 2 is 2.29 bits per heavy atom. The molecular weight excluding hydrogens is 302 g/mol. The summed E-state index contributed by atoms with van der Waals surface area (Å²) >= 11 is 7.58. The van der Waals surface area contributed by atoms with Gasteiger partial charge in [-0.15, -0.1) is 12.6 Å². The maximum atomic E-state index is 12.0. The Hall–Kier alpha value is -0.520. The van der Waals surface area contributed by atoms with Crippen LogP contribution in [0.2, 0.25) is 0 Å². The van der Waals surface area contributed by atoms with E-state index in [-0.39, 0.29) is 11.9 Å². The van der Waals surface area contributed by atoms with E-state index in [0.717, 1.165) is 15.8 Å². The summed E-state index contributed by atoms with van der Waals surface area (Å²) in [6.07, 6.45) is 0.792. The van der Waals surface area contributed by atoms with Crippen molar-refractivity contribution in [1.82, 2.24) is 5.32 Å². The number of hydrogen-bond acceptors (Lipinski definition) is 3. The zero-order chi connectivity index (χ0) is 12.8. The molecule has 1 aromatic rings. The minimum Gasteiger partial charge on any atom is -0.385 e. The molecule has 1 atom stereocenters. The number of hydrogen-bond donors (Lipinski definition) is 2. The maximum absolute atomic E-state index is 12.0. The van der Waals surface area contributed by atoms with Crippen LogP contribution in [-0.2, 0) is 4.74 Å². The van der Waals surface area contributed by atoms with E-state index in [1.807, 2.05) is 19.1 Å². The molecule has 1 unspecified atom stereocenters. The van der Waals surface area contributed by atoms with Gasteiger partial charge >= 0.3 is 0 Å². The normalized spacial score (nSPS) is 12.2. The number of carbonyl (C=O) groups excluding carboxylic acids is 1. The summed E-state index contributed by atoms with van der Waals surface area (Å²) in [6, 6.07) is 5.47. The molecule has 3 nitrogen and oxygen atoms in total. The van der Waals surface area contributed by atoms with Gasteiger partial charge in [0.15, 0.2) is 0 Å². The average molecular weight is 318 g/mol. The summed E-state index contributed by atoms with van der Waals surface area (Å²) in [5, 5.41) is 2.92. The van der Waals surface area contributed by atoms with Crippen molar-refractivity contribution in [2.45, 2.75) is 24.3 Å². The third-order valence-corrected chi connectivity index (χ3v) is 3.30. The van der Waals surface area contributed by atoms with Crippen LogP contribution in [-0.4, -0.2) is 25.7 Å². The molecule has 17 heavy (non-hydrogen) atoms. The predicted octanol–water partition coefficient (Wildman–Crippen LogP) is 2.89. The Morgan fingerprint density at radius 3 is 2.94 bits per heavy atom. The Balaban J connectivity index is 2.66. The number of nitrogens with one attached hydrogen (secondary N) is 1. The van der Waals surface area contributed by atoms with Crippen LogP contribution in [0.3, 0.4) is 0 Å². The van der Waals surface area contributed by atoms with Gasteiger partial charge < -0.3 is 10.1 Å². The Labute approximate surface area is 115 Å². The number of rotatable bonds is 5. The maximum Gasteiger partial charge on any atom is 0.252 e. The second-order valence-electron chi connectivity index (χ2n) is 3.82. The smallest absolute Gasteiger partial charge is 0.252 e. The van der Waals surface area contributed by atoms with Crippen LogP contribution < -0.4 is 5.32 Å². The van der Waals surface area contributed by atoms with Gasteiger partial charge in [-0.25, -0.2) is 0 Å². The van der Waals surface area contributed by atoms with Gasteiger partial charge in [-0.3, -0.25) is 4.79 Å². The SMILES string of the molecule is COCCC(C)NC(=O)c1cc(S)ccc1Br. The molecule has 0 spiro atoms. The zero-order valence-corrected chi connectivity index (χ0v) is 12.3. The van der Waals surface area contributed by atoms with Crippen LogP contribution in [0.15, 0.2) is 27.6 Å². The van der Waals surface area contributed by atoms with Gasteiger partial charge in [-0.1, -0.05) is 0 Å². The van der Waals surface area contributed by atoms with Crippen LogP contribution in [0.4, 0.5) is 0 Å². The summed E-state index contributed by atoms with van der Waals surface area (Å²) in [4.78, 5) is 12.7. The highest BCUT2D eigenvalue weighted by atomic mass is 79.9. The van der Waals surface area contributed by atoms with E-state index in [0.29, 0.717) is 12.2 Å². The van der Waals surface area contributed by atoms with Crippen molar-refractivity contribution in [3.05, 3.63) is 28.2 Å². The fraction of sp³-hybridized carbons (Fsp3) is 0.417. The van der Waals surface area contributed by atoms with Crippen molar-refractivity contribution in [1.29, 1.82) is 0 Å². The first-order valence-corrected chi connectivity index (χ1v) is 6.57. The van der Waals surface area contributed by atoms with E-state index in [4.69, 9.17) is 4.74 Å². The van der Waals surface area contributed by atoms with Gasteiger partial charge in [-0.05, 0) is 47.5 Å². The zero-order valence-electron chi connectivity index (χ0n) is 9.87. The van der Waals surface area contributed by atoms with E-state index in [1.54, 1.807) is 13.2 Å². The molecule has 1 N–H and O–H groups in total. The number of carbonyl (C=O) groups is 1. The molecule has 1 amide bonds. The van der Waals surface area contributed by atoms with Crippen LogP contribution in [0, 0.1) is 0 Å². The van der Waals surface area contributed by atoms with Crippen molar-refractivity contribution in [3.63, 3.8) is 0 Å². The first-order chi connectivity index (χ1) is 8.04. The number of benzene rings is 1. The van der Waals surface area contributed by atoms with E-state index in [2.05, 4.69) is 33.9 Å². The fourth-order valence-electron chi connectivity index (χ4n) is 1.36. The highest BCUT2D eigenvalue weighted by Gasteiger charge is 2.12. The molecule has 5 heteroatoms. The molecule has 0 saturated carbocycles. The molecule has 0 aliphatic heterocycles. The highest BCUT2D eigenvalue weighted by Crippen LogP contribution is 2.20. The molecule has 0 aromatic heterocycles. The number of ether oxygens (including phenoxy) is 1. The molecule has 0 heterocycles. The van der Waals surface area contributed by atoms with E-state index in [9.17, 15) is 4.79 Å². The molecule has 1 aromatic carbocycles. The van der Waals surface area contributed by atoms with Crippen molar-refractivity contribution in [2.75, 3.05) is 13.7 Å². The Kier molecular flexibility index (Phi) is 6.02.